The maximum atomic E-state index is 12.8. The summed E-state index contributed by atoms with van der Waals surface area (Å²) in [4.78, 5) is 17.0. The minimum atomic E-state index is -0.203. The van der Waals surface area contributed by atoms with Crippen LogP contribution >= 0.6 is 23.2 Å². The molecule has 0 spiro atoms. The molecule has 24 heavy (non-hydrogen) atoms. The Morgan fingerprint density at radius 1 is 1.04 bits per heavy atom. The number of halogens is 2. The molecule has 3 nitrogen and oxygen atoms in total. The van der Waals surface area contributed by atoms with E-state index < -0.39 is 0 Å². The quantitative estimate of drug-likeness (QED) is 0.506. The van der Waals surface area contributed by atoms with E-state index >= 15 is 0 Å². The van der Waals surface area contributed by atoms with Gasteiger partial charge in [0.25, 0.3) is 0 Å². The topological polar surface area (TPSA) is 34.9 Å². The lowest BCUT2D eigenvalue weighted by Gasteiger charge is -2.04. The molecule has 5 heteroatoms. The highest BCUT2D eigenvalue weighted by Gasteiger charge is 2.18. The average molecular weight is 355 g/mol. The molecule has 1 heterocycles. The van der Waals surface area contributed by atoms with Gasteiger partial charge in [0.2, 0.25) is 5.78 Å². The van der Waals surface area contributed by atoms with Gasteiger partial charge in [-0.3, -0.25) is 4.79 Å². The molecule has 0 aliphatic heterocycles. The van der Waals surface area contributed by atoms with Crippen LogP contribution in [0.25, 0.3) is 0 Å². The number of aryl methyl sites for hydroxylation is 1. The van der Waals surface area contributed by atoms with Gasteiger partial charge < -0.3 is 4.57 Å². The molecule has 0 N–H and O–H groups in total. The number of carbonyl (C=O) groups excluding carboxylic acids is 1. The van der Waals surface area contributed by atoms with Crippen molar-refractivity contribution < 1.29 is 4.79 Å². The van der Waals surface area contributed by atoms with Gasteiger partial charge in [0.1, 0.15) is 11.4 Å². The number of aromatic nitrogens is 2. The van der Waals surface area contributed by atoms with E-state index in [0.717, 1.165) is 5.56 Å². The SMILES string of the molecule is Cn1cnc(C#Cc2ccccc2)c1C(=O)c1ccc(Cl)c(Cl)c1. The first-order valence-corrected chi connectivity index (χ1v) is 7.90. The molecule has 3 aromatic rings. The standard InChI is InChI=1S/C19H12Cl2N2O/c1-23-12-22-17(10-7-13-5-3-2-4-6-13)18(23)19(24)14-8-9-15(20)16(21)11-14/h2-6,8-9,11-12H,1H3. The molecule has 0 atom stereocenters. The van der Waals surface area contributed by atoms with Gasteiger partial charge >= 0.3 is 0 Å². The zero-order chi connectivity index (χ0) is 17.1. The lowest BCUT2D eigenvalue weighted by molar-refractivity contribution is 0.103. The predicted molar refractivity (Wildman–Crippen MR) is 95.5 cm³/mol. The summed E-state index contributed by atoms with van der Waals surface area (Å²) in [6, 6.07) is 14.3. The van der Waals surface area contributed by atoms with Gasteiger partial charge in [0.15, 0.2) is 0 Å². The van der Waals surface area contributed by atoms with Crippen LogP contribution in [0.3, 0.4) is 0 Å². The first kappa shape index (κ1) is 16.3. The summed E-state index contributed by atoms with van der Waals surface area (Å²) < 4.78 is 1.65. The van der Waals surface area contributed by atoms with Crippen molar-refractivity contribution in [3.05, 3.63) is 87.4 Å². The molecular formula is C19H12Cl2N2O. The monoisotopic (exact) mass is 354 g/mol. The van der Waals surface area contributed by atoms with Crippen LogP contribution in [0.15, 0.2) is 54.9 Å². The van der Waals surface area contributed by atoms with E-state index in [9.17, 15) is 4.79 Å². The first-order chi connectivity index (χ1) is 11.6. The van der Waals surface area contributed by atoms with Crippen molar-refractivity contribution in [2.45, 2.75) is 0 Å². The Balaban J connectivity index is 2.00. The van der Waals surface area contributed by atoms with Gasteiger partial charge in [0.05, 0.1) is 16.4 Å². The summed E-state index contributed by atoms with van der Waals surface area (Å²) in [7, 11) is 1.76. The van der Waals surface area contributed by atoms with E-state index in [2.05, 4.69) is 16.8 Å². The highest BCUT2D eigenvalue weighted by atomic mass is 35.5. The van der Waals surface area contributed by atoms with Crippen LogP contribution in [-0.4, -0.2) is 15.3 Å². The lowest BCUT2D eigenvalue weighted by Crippen LogP contribution is -2.09. The Hall–Kier alpha value is -2.54. The molecule has 0 amide bonds. The third-order valence-electron chi connectivity index (χ3n) is 3.43. The summed E-state index contributed by atoms with van der Waals surface area (Å²) in [6.07, 6.45) is 1.57. The number of carbonyl (C=O) groups is 1. The molecule has 1 aromatic heterocycles. The molecule has 0 radical (unpaired) electrons. The van der Waals surface area contributed by atoms with Gasteiger partial charge in [-0.25, -0.2) is 4.98 Å². The smallest absolute Gasteiger partial charge is 0.212 e. The molecule has 2 aromatic carbocycles. The number of hydrogen-bond acceptors (Lipinski definition) is 2. The van der Waals surface area contributed by atoms with Crippen molar-refractivity contribution >= 4 is 29.0 Å². The number of nitrogens with zero attached hydrogens (tertiary/aromatic N) is 2. The van der Waals surface area contributed by atoms with Crippen LogP contribution in [0.2, 0.25) is 10.0 Å². The summed E-state index contributed by atoms with van der Waals surface area (Å²) in [5.41, 5.74) is 2.14. The lowest BCUT2D eigenvalue weighted by atomic mass is 10.1. The van der Waals surface area contributed by atoms with Crippen LogP contribution in [0.1, 0.15) is 27.3 Å². The van der Waals surface area contributed by atoms with Crippen LogP contribution in [-0.2, 0) is 7.05 Å². The Bertz CT molecular complexity index is 966. The molecule has 0 unspecified atom stereocenters. The molecule has 0 bridgehead atoms. The van der Waals surface area contributed by atoms with Crippen LogP contribution < -0.4 is 0 Å². The second-order valence-electron chi connectivity index (χ2n) is 5.13. The second kappa shape index (κ2) is 6.92. The minimum absolute atomic E-state index is 0.203. The normalized spacial score (nSPS) is 10.1. The van der Waals surface area contributed by atoms with Crippen molar-refractivity contribution in [2.24, 2.45) is 7.05 Å². The van der Waals surface area contributed by atoms with Crippen LogP contribution in [0.4, 0.5) is 0 Å². The second-order valence-corrected chi connectivity index (χ2v) is 5.94. The molecule has 0 saturated carbocycles. The first-order valence-electron chi connectivity index (χ1n) is 7.14. The van der Waals surface area contributed by atoms with Crippen molar-refractivity contribution in [1.29, 1.82) is 0 Å². The maximum Gasteiger partial charge on any atom is 0.212 e. The van der Waals surface area contributed by atoms with E-state index in [0.29, 0.717) is 27.0 Å². The van der Waals surface area contributed by atoms with Crippen molar-refractivity contribution in [2.75, 3.05) is 0 Å². The highest BCUT2D eigenvalue weighted by molar-refractivity contribution is 6.42. The predicted octanol–water partition coefficient (Wildman–Crippen LogP) is 4.36. The van der Waals surface area contributed by atoms with E-state index in [4.69, 9.17) is 23.2 Å². The Labute approximate surface area is 149 Å². The minimum Gasteiger partial charge on any atom is -0.330 e. The van der Waals surface area contributed by atoms with Gasteiger partial charge in [-0.15, -0.1) is 0 Å². The van der Waals surface area contributed by atoms with E-state index in [-0.39, 0.29) is 5.78 Å². The van der Waals surface area contributed by atoms with E-state index in [1.807, 2.05) is 30.3 Å². The third-order valence-corrected chi connectivity index (χ3v) is 4.17. The molecular weight excluding hydrogens is 343 g/mol. The summed E-state index contributed by atoms with van der Waals surface area (Å²) in [6.45, 7) is 0. The number of ketones is 1. The van der Waals surface area contributed by atoms with Gasteiger partial charge in [-0.2, -0.15) is 0 Å². The van der Waals surface area contributed by atoms with Crippen LogP contribution in [0.5, 0.6) is 0 Å². The number of rotatable bonds is 2. The zero-order valence-corrected chi connectivity index (χ0v) is 14.3. The molecule has 0 aliphatic rings. The zero-order valence-electron chi connectivity index (χ0n) is 12.8. The Morgan fingerprint density at radius 2 is 1.79 bits per heavy atom. The number of benzene rings is 2. The van der Waals surface area contributed by atoms with E-state index in [1.165, 1.54) is 0 Å². The van der Waals surface area contributed by atoms with Crippen LogP contribution in [0, 0.1) is 11.8 Å². The average Bonchev–Trinajstić information content (AvgIpc) is 2.96. The van der Waals surface area contributed by atoms with Gasteiger partial charge in [-0.1, -0.05) is 47.3 Å². The fraction of sp³-hybridized carbons (Fsp3) is 0.0526. The number of hydrogen-bond donors (Lipinski definition) is 0. The van der Waals surface area contributed by atoms with Gasteiger partial charge in [0, 0.05) is 18.2 Å². The fourth-order valence-corrected chi connectivity index (χ4v) is 2.51. The molecule has 118 valence electrons. The molecule has 0 saturated heterocycles. The van der Waals surface area contributed by atoms with E-state index in [1.54, 1.807) is 36.1 Å². The summed E-state index contributed by atoms with van der Waals surface area (Å²) in [5.74, 6) is 5.78. The third kappa shape index (κ3) is 3.35. The molecule has 0 aliphatic carbocycles. The number of imidazole rings is 1. The summed E-state index contributed by atoms with van der Waals surface area (Å²) >= 11 is 11.9. The molecule has 0 fully saturated rings. The maximum absolute atomic E-state index is 12.8. The largest absolute Gasteiger partial charge is 0.330 e. The van der Waals surface area contributed by atoms with Crippen molar-refractivity contribution in [3.63, 3.8) is 0 Å². The summed E-state index contributed by atoms with van der Waals surface area (Å²) in [5, 5.41) is 0.740. The fourth-order valence-electron chi connectivity index (χ4n) is 2.22. The van der Waals surface area contributed by atoms with Crippen molar-refractivity contribution in [3.8, 4) is 11.8 Å². The van der Waals surface area contributed by atoms with Gasteiger partial charge in [-0.05, 0) is 36.3 Å². The van der Waals surface area contributed by atoms with Crippen molar-refractivity contribution in [1.82, 2.24) is 9.55 Å². The Kier molecular flexibility index (Phi) is 4.71. The highest BCUT2D eigenvalue weighted by Crippen LogP contribution is 2.24. The Morgan fingerprint density at radius 3 is 2.50 bits per heavy atom. The molecule has 3 rings (SSSR count).